The molecular weight excluding hydrogens is 358 g/mol. The van der Waals surface area contributed by atoms with Gasteiger partial charge in [0, 0.05) is 11.9 Å². The van der Waals surface area contributed by atoms with Crippen molar-refractivity contribution in [2.75, 3.05) is 5.32 Å². The molecule has 0 spiro atoms. The average molecular weight is 375 g/mol. The van der Waals surface area contributed by atoms with Gasteiger partial charge in [-0.15, -0.1) is 0 Å². The van der Waals surface area contributed by atoms with Crippen LogP contribution in [0.2, 0.25) is 0 Å². The van der Waals surface area contributed by atoms with Gasteiger partial charge in [-0.1, -0.05) is 30.3 Å². The molecule has 1 saturated heterocycles. The van der Waals surface area contributed by atoms with Crippen LogP contribution in [0.4, 0.5) is 10.5 Å². The second-order valence-electron chi connectivity index (χ2n) is 6.58. The van der Waals surface area contributed by atoms with E-state index < -0.39 is 17.5 Å². The summed E-state index contributed by atoms with van der Waals surface area (Å²) in [5, 5.41) is 11.8. The van der Waals surface area contributed by atoms with E-state index in [0.29, 0.717) is 16.8 Å². The summed E-state index contributed by atoms with van der Waals surface area (Å²) >= 11 is 0. The summed E-state index contributed by atoms with van der Waals surface area (Å²) < 4.78 is 1.62. The van der Waals surface area contributed by atoms with Crippen molar-refractivity contribution < 1.29 is 14.4 Å². The fourth-order valence-electron chi connectivity index (χ4n) is 3.02. The Morgan fingerprint density at radius 3 is 2.61 bits per heavy atom. The van der Waals surface area contributed by atoms with Gasteiger partial charge >= 0.3 is 6.03 Å². The van der Waals surface area contributed by atoms with Crippen LogP contribution in [0.3, 0.4) is 0 Å². The van der Waals surface area contributed by atoms with Gasteiger partial charge in [0.15, 0.2) is 0 Å². The van der Waals surface area contributed by atoms with Gasteiger partial charge in [-0.2, -0.15) is 5.10 Å². The molecule has 140 valence electrons. The summed E-state index contributed by atoms with van der Waals surface area (Å²) in [6, 6.07) is 15.7. The molecule has 8 heteroatoms. The molecule has 2 heterocycles. The van der Waals surface area contributed by atoms with E-state index in [9.17, 15) is 14.4 Å². The molecule has 1 fully saturated rings. The molecule has 3 aromatic rings. The molecule has 1 atom stereocenters. The average Bonchev–Trinajstić information content (AvgIpc) is 3.28. The molecule has 0 unspecified atom stereocenters. The Labute approximate surface area is 160 Å². The Morgan fingerprint density at radius 1 is 1.11 bits per heavy atom. The number of imide groups is 1. The first-order valence-corrected chi connectivity index (χ1v) is 8.61. The van der Waals surface area contributed by atoms with Crippen LogP contribution in [0.25, 0.3) is 5.69 Å². The fourth-order valence-corrected chi connectivity index (χ4v) is 3.02. The highest BCUT2D eigenvalue weighted by Gasteiger charge is 2.43. The normalized spacial score (nSPS) is 18.5. The molecule has 4 amide bonds. The molecular formula is C20H17N5O3. The van der Waals surface area contributed by atoms with Crippen LogP contribution in [-0.2, 0) is 10.3 Å². The number of benzene rings is 2. The minimum atomic E-state index is -1.18. The van der Waals surface area contributed by atoms with Crippen LogP contribution in [0, 0.1) is 0 Å². The molecule has 1 aliphatic heterocycles. The van der Waals surface area contributed by atoms with Crippen LogP contribution < -0.4 is 16.0 Å². The maximum Gasteiger partial charge on any atom is 0.322 e. The number of urea groups is 1. The van der Waals surface area contributed by atoms with E-state index in [1.54, 1.807) is 42.1 Å². The Hall–Kier alpha value is -3.94. The van der Waals surface area contributed by atoms with Crippen molar-refractivity contribution >= 4 is 23.5 Å². The SMILES string of the molecule is C[C@@]1(c2cccc(NC(=O)c3cnn(-c4ccccc4)c3)c2)NC(=O)NC1=O. The number of rotatable bonds is 4. The Balaban J connectivity index is 1.54. The molecule has 0 radical (unpaired) electrons. The zero-order valence-electron chi connectivity index (χ0n) is 15.0. The largest absolute Gasteiger partial charge is 0.322 e. The number of carbonyl (C=O) groups is 3. The molecule has 0 saturated carbocycles. The lowest BCUT2D eigenvalue weighted by Gasteiger charge is -2.21. The third-order valence-corrected chi connectivity index (χ3v) is 4.61. The van der Waals surface area contributed by atoms with Crippen molar-refractivity contribution in [2.24, 2.45) is 0 Å². The number of anilines is 1. The molecule has 0 aliphatic carbocycles. The summed E-state index contributed by atoms with van der Waals surface area (Å²) in [5.74, 6) is -0.769. The predicted molar refractivity (Wildman–Crippen MR) is 102 cm³/mol. The maximum atomic E-state index is 12.6. The van der Waals surface area contributed by atoms with Crippen molar-refractivity contribution in [1.29, 1.82) is 0 Å². The van der Waals surface area contributed by atoms with Crippen molar-refractivity contribution in [3.8, 4) is 5.69 Å². The van der Waals surface area contributed by atoms with Crippen molar-refractivity contribution in [3.63, 3.8) is 0 Å². The standard InChI is InChI=1S/C20H17N5O3/c1-20(18(27)23-19(28)24-20)14-6-5-7-15(10-14)22-17(26)13-11-21-25(12-13)16-8-3-2-4-9-16/h2-12H,1H3,(H,22,26)(H2,23,24,27,28)/t20-/m0/s1. The Kier molecular flexibility index (Phi) is 4.15. The third kappa shape index (κ3) is 3.11. The monoisotopic (exact) mass is 375 g/mol. The number of carbonyl (C=O) groups excluding carboxylic acids is 3. The van der Waals surface area contributed by atoms with Crippen molar-refractivity contribution in [3.05, 3.63) is 78.1 Å². The quantitative estimate of drug-likeness (QED) is 0.608. The lowest BCUT2D eigenvalue weighted by atomic mass is 9.92. The summed E-state index contributed by atoms with van der Waals surface area (Å²) in [7, 11) is 0. The highest BCUT2D eigenvalue weighted by Crippen LogP contribution is 2.26. The van der Waals surface area contributed by atoms with Gasteiger partial charge in [0.05, 0.1) is 17.4 Å². The van der Waals surface area contributed by atoms with E-state index in [4.69, 9.17) is 0 Å². The Morgan fingerprint density at radius 2 is 1.89 bits per heavy atom. The van der Waals surface area contributed by atoms with E-state index >= 15 is 0 Å². The number of nitrogens with one attached hydrogen (secondary N) is 3. The van der Waals surface area contributed by atoms with E-state index in [1.807, 2.05) is 30.3 Å². The predicted octanol–water partition coefficient (Wildman–Crippen LogP) is 2.18. The van der Waals surface area contributed by atoms with E-state index in [1.165, 1.54) is 6.20 Å². The van der Waals surface area contributed by atoms with E-state index in [0.717, 1.165) is 5.69 Å². The molecule has 1 aliphatic rings. The maximum absolute atomic E-state index is 12.6. The van der Waals surface area contributed by atoms with Crippen LogP contribution >= 0.6 is 0 Å². The van der Waals surface area contributed by atoms with Crippen LogP contribution in [-0.4, -0.2) is 27.6 Å². The van der Waals surface area contributed by atoms with Crippen LogP contribution in [0.15, 0.2) is 67.0 Å². The molecule has 8 nitrogen and oxygen atoms in total. The minimum Gasteiger partial charge on any atom is -0.322 e. The van der Waals surface area contributed by atoms with E-state index in [2.05, 4.69) is 21.0 Å². The van der Waals surface area contributed by atoms with Gasteiger partial charge in [0.1, 0.15) is 5.54 Å². The van der Waals surface area contributed by atoms with E-state index in [-0.39, 0.29) is 5.91 Å². The fraction of sp³-hybridized carbons (Fsp3) is 0.100. The Bertz CT molecular complexity index is 1080. The number of aromatic nitrogens is 2. The van der Waals surface area contributed by atoms with Crippen LogP contribution in [0.5, 0.6) is 0 Å². The zero-order valence-corrected chi connectivity index (χ0v) is 15.0. The first kappa shape index (κ1) is 17.5. The van der Waals surface area contributed by atoms with Gasteiger partial charge in [0.2, 0.25) is 0 Å². The molecule has 3 N–H and O–H groups in total. The van der Waals surface area contributed by atoms with Crippen molar-refractivity contribution in [2.45, 2.75) is 12.5 Å². The summed E-state index contributed by atoms with van der Waals surface area (Å²) in [4.78, 5) is 36.2. The lowest BCUT2D eigenvalue weighted by Crippen LogP contribution is -2.40. The number of nitrogens with zero attached hydrogens (tertiary/aromatic N) is 2. The van der Waals surface area contributed by atoms with Crippen LogP contribution in [0.1, 0.15) is 22.8 Å². The zero-order chi connectivity index (χ0) is 19.7. The molecule has 0 bridgehead atoms. The molecule has 2 aromatic carbocycles. The van der Waals surface area contributed by atoms with Gasteiger partial charge < -0.3 is 10.6 Å². The minimum absolute atomic E-state index is 0.329. The molecule has 28 heavy (non-hydrogen) atoms. The summed E-state index contributed by atoms with van der Waals surface area (Å²) in [6.45, 7) is 1.61. The smallest absolute Gasteiger partial charge is 0.322 e. The number of hydrogen-bond donors (Lipinski definition) is 3. The molecule has 1 aromatic heterocycles. The highest BCUT2D eigenvalue weighted by atomic mass is 16.2. The molecule has 4 rings (SSSR count). The second kappa shape index (κ2) is 6.66. The topological polar surface area (TPSA) is 105 Å². The van der Waals surface area contributed by atoms with Crippen molar-refractivity contribution in [1.82, 2.24) is 20.4 Å². The first-order chi connectivity index (χ1) is 13.5. The summed E-state index contributed by atoms with van der Waals surface area (Å²) in [6.07, 6.45) is 3.12. The number of hydrogen-bond acceptors (Lipinski definition) is 4. The number of amides is 4. The van der Waals surface area contributed by atoms with Gasteiger partial charge in [0.25, 0.3) is 11.8 Å². The van der Waals surface area contributed by atoms with Gasteiger partial charge in [-0.05, 0) is 36.8 Å². The second-order valence-corrected chi connectivity index (χ2v) is 6.58. The van der Waals surface area contributed by atoms with Gasteiger partial charge in [-0.3, -0.25) is 14.9 Å². The summed E-state index contributed by atoms with van der Waals surface area (Å²) in [5.41, 5.74) is 1.13. The first-order valence-electron chi connectivity index (χ1n) is 8.61. The highest BCUT2D eigenvalue weighted by molar-refractivity contribution is 6.07. The third-order valence-electron chi connectivity index (χ3n) is 4.61. The number of para-hydroxylation sites is 1. The van der Waals surface area contributed by atoms with Gasteiger partial charge in [-0.25, -0.2) is 9.48 Å². The lowest BCUT2D eigenvalue weighted by molar-refractivity contribution is -0.123.